The summed E-state index contributed by atoms with van der Waals surface area (Å²) in [5.74, 6) is -0.962. The van der Waals surface area contributed by atoms with Gasteiger partial charge >= 0.3 is 6.18 Å². The lowest BCUT2D eigenvalue weighted by molar-refractivity contribution is -0.137. The third kappa shape index (κ3) is 3.42. The summed E-state index contributed by atoms with van der Waals surface area (Å²) in [6.07, 6.45) is -0.633. The van der Waals surface area contributed by atoms with E-state index in [0.29, 0.717) is 0 Å². The Kier molecular flexibility index (Phi) is 4.09. The zero-order valence-electron chi connectivity index (χ0n) is 12.4. The molecule has 0 bridgehead atoms. The van der Waals surface area contributed by atoms with Gasteiger partial charge in [0.15, 0.2) is 0 Å². The number of aromatic amines is 1. The standard InChI is InChI=1S/C15H10F3N5O2/c16-15(17,18)10-5-2-1-4-9(10)12(24)21-11-8-19-14(22-13(11)25)23-7-3-6-20-23/h1-8H,(H,21,24)(H,19,22,25). The number of hydrogen-bond acceptors (Lipinski definition) is 4. The van der Waals surface area contributed by atoms with Crippen LogP contribution in [0.4, 0.5) is 18.9 Å². The summed E-state index contributed by atoms with van der Waals surface area (Å²) in [7, 11) is 0. The summed E-state index contributed by atoms with van der Waals surface area (Å²) >= 11 is 0. The Bertz CT molecular complexity index is 964. The minimum absolute atomic E-state index is 0.101. The number of H-pyrrole nitrogens is 1. The predicted molar refractivity (Wildman–Crippen MR) is 81.4 cm³/mol. The first kappa shape index (κ1) is 16.4. The van der Waals surface area contributed by atoms with Gasteiger partial charge in [-0.2, -0.15) is 18.3 Å². The normalized spacial score (nSPS) is 11.3. The molecule has 0 spiro atoms. The topological polar surface area (TPSA) is 92.7 Å². The molecule has 0 unspecified atom stereocenters. The first-order valence-corrected chi connectivity index (χ1v) is 6.93. The van der Waals surface area contributed by atoms with Gasteiger partial charge in [0.2, 0.25) is 5.95 Å². The monoisotopic (exact) mass is 349 g/mol. The number of benzene rings is 1. The number of anilines is 1. The van der Waals surface area contributed by atoms with Crippen LogP contribution in [0.2, 0.25) is 0 Å². The Labute approximate surface area is 138 Å². The SMILES string of the molecule is O=C(Nc1cnc(-n2cccn2)[nH]c1=O)c1ccccc1C(F)(F)F. The number of halogens is 3. The summed E-state index contributed by atoms with van der Waals surface area (Å²) in [5.41, 5.74) is -2.69. The van der Waals surface area contributed by atoms with Crippen molar-refractivity contribution >= 4 is 11.6 Å². The summed E-state index contributed by atoms with van der Waals surface area (Å²) in [6, 6.07) is 5.90. The molecule has 0 saturated carbocycles. The number of carbonyl (C=O) groups excluding carboxylic acids is 1. The van der Waals surface area contributed by atoms with E-state index in [1.807, 2.05) is 0 Å². The van der Waals surface area contributed by atoms with Gasteiger partial charge in [0.1, 0.15) is 5.69 Å². The fourth-order valence-electron chi connectivity index (χ4n) is 2.10. The molecule has 1 aromatic carbocycles. The van der Waals surface area contributed by atoms with Crippen molar-refractivity contribution in [1.82, 2.24) is 19.7 Å². The molecule has 0 atom stereocenters. The number of rotatable bonds is 3. The quantitative estimate of drug-likeness (QED) is 0.758. The van der Waals surface area contributed by atoms with Crippen LogP contribution < -0.4 is 10.9 Å². The largest absolute Gasteiger partial charge is 0.417 e. The maximum Gasteiger partial charge on any atom is 0.417 e. The second-order valence-electron chi connectivity index (χ2n) is 4.90. The Hall–Kier alpha value is -3.43. The van der Waals surface area contributed by atoms with Gasteiger partial charge in [0, 0.05) is 12.4 Å². The van der Waals surface area contributed by atoms with E-state index in [1.165, 1.54) is 29.2 Å². The van der Waals surface area contributed by atoms with E-state index >= 15 is 0 Å². The molecule has 2 aromatic heterocycles. The van der Waals surface area contributed by atoms with Gasteiger partial charge < -0.3 is 5.32 Å². The van der Waals surface area contributed by atoms with Crippen molar-refractivity contribution < 1.29 is 18.0 Å². The highest BCUT2D eigenvalue weighted by molar-refractivity contribution is 6.05. The lowest BCUT2D eigenvalue weighted by Crippen LogP contribution is -2.24. The lowest BCUT2D eigenvalue weighted by Gasteiger charge is -2.12. The molecule has 3 aromatic rings. The first-order valence-electron chi connectivity index (χ1n) is 6.93. The second kappa shape index (κ2) is 6.23. The van der Waals surface area contributed by atoms with Gasteiger partial charge in [-0.25, -0.2) is 9.67 Å². The number of nitrogens with zero attached hydrogens (tertiary/aromatic N) is 3. The fourth-order valence-corrected chi connectivity index (χ4v) is 2.10. The van der Waals surface area contributed by atoms with Crippen LogP contribution in [0.1, 0.15) is 15.9 Å². The molecule has 2 heterocycles. The van der Waals surface area contributed by atoms with E-state index in [9.17, 15) is 22.8 Å². The van der Waals surface area contributed by atoms with Gasteiger partial charge in [0.05, 0.1) is 17.3 Å². The van der Waals surface area contributed by atoms with Crippen LogP contribution in [0.5, 0.6) is 0 Å². The maximum absolute atomic E-state index is 13.0. The van der Waals surface area contributed by atoms with E-state index in [1.54, 1.807) is 6.07 Å². The molecular weight excluding hydrogens is 339 g/mol. The third-order valence-corrected chi connectivity index (χ3v) is 3.23. The number of nitrogens with one attached hydrogen (secondary N) is 2. The van der Waals surface area contributed by atoms with Crippen molar-refractivity contribution in [1.29, 1.82) is 0 Å². The van der Waals surface area contributed by atoms with Crippen LogP contribution >= 0.6 is 0 Å². The van der Waals surface area contributed by atoms with Crippen molar-refractivity contribution in [3.05, 3.63) is 70.4 Å². The average Bonchev–Trinajstić information content (AvgIpc) is 3.10. The number of alkyl halides is 3. The summed E-state index contributed by atoms with van der Waals surface area (Å²) in [5, 5.41) is 6.01. The highest BCUT2D eigenvalue weighted by Gasteiger charge is 2.34. The minimum Gasteiger partial charge on any atom is -0.316 e. The zero-order valence-corrected chi connectivity index (χ0v) is 12.4. The summed E-state index contributed by atoms with van der Waals surface area (Å²) in [6.45, 7) is 0. The molecule has 0 radical (unpaired) electrons. The Balaban J connectivity index is 1.89. The minimum atomic E-state index is -4.69. The second-order valence-corrected chi connectivity index (χ2v) is 4.90. The molecule has 10 heteroatoms. The van der Waals surface area contributed by atoms with Crippen molar-refractivity contribution in [2.24, 2.45) is 0 Å². The molecular formula is C15H10F3N5O2. The van der Waals surface area contributed by atoms with E-state index < -0.39 is 28.8 Å². The number of aromatic nitrogens is 4. The molecule has 0 aliphatic carbocycles. The summed E-state index contributed by atoms with van der Waals surface area (Å²) < 4.78 is 40.2. The van der Waals surface area contributed by atoms with E-state index in [0.717, 1.165) is 18.3 Å². The van der Waals surface area contributed by atoms with Crippen LogP contribution in [0, 0.1) is 0 Å². The number of hydrogen-bond donors (Lipinski definition) is 2. The van der Waals surface area contributed by atoms with Crippen LogP contribution in [-0.2, 0) is 6.18 Å². The number of amides is 1. The predicted octanol–water partition coefficient (Wildman–Crippen LogP) is 2.23. The van der Waals surface area contributed by atoms with Gasteiger partial charge in [0.25, 0.3) is 11.5 Å². The molecule has 2 N–H and O–H groups in total. The molecule has 0 aliphatic heterocycles. The Morgan fingerprint density at radius 3 is 2.60 bits per heavy atom. The van der Waals surface area contributed by atoms with Gasteiger partial charge in [-0.15, -0.1) is 0 Å². The van der Waals surface area contributed by atoms with Crippen molar-refractivity contribution in [3.8, 4) is 5.95 Å². The molecule has 0 fully saturated rings. The van der Waals surface area contributed by atoms with E-state index in [-0.39, 0.29) is 11.6 Å². The highest BCUT2D eigenvalue weighted by atomic mass is 19.4. The zero-order chi connectivity index (χ0) is 18.0. The lowest BCUT2D eigenvalue weighted by atomic mass is 10.1. The van der Waals surface area contributed by atoms with Crippen molar-refractivity contribution in [2.75, 3.05) is 5.32 Å². The van der Waals surface area contributed by atoms with Crippen molar-refractivity contribution in [2.45, 2.75) is 6.18 Å². The van der Waals surface area contributed by atoms with Crippen molar-refractivity contribution in [3.63, 3.8) is 0 Å². The molecule has 7 nitrogen and oxygen atoms in total. The maximum atomic E-state index is 13.0. The number of carbonyl (C=O) groups is 1. The smallest absolute Gasteiger partial charge is 0.316 e. The average molecular weight is 349 g/mol. The van der Waals surface area contributed by atoms with Gasteiger partial charge in [-0.3, -0.25) is 14.6 Å². The van der Waals surface area contributed by atoms with Gasteiger partial charge in [-0.1, -0.05) is 12.1 Å². The molecule has 128 valence electrons. The molecule has 0 aliphatic rings. The molecule has 25 heavy (non-hydrogen) atoms. The van der Waals surface area contributed by atoms with E-state index in [4.69, 9.17) is 0 Å². The van der Waals surface area contributed by atoms with Crippen LogP contribution in [-0.4, -0.2) is 25.7 Å². The van der Waals surface area contributed by atoms with Crippen LogP contribution in [0.3, 0.4) is 0 Å². The van der Waals surface area contributed by atoms with E-state index in [2.05, 4.69) is 20.4 Å². The van der Waals surface area contributed by atoms with Crippen LogP contribution in [0.25, 0.3) is 5.95 Å². The summed E-state index contributed by atoms with van der Waals surface area (Å²) in [4.78, 5) is 30.4. The van der Waals surface area contributed by atoms with Crippen LogP contribution in [0.15, 0.2) is 53.7 Å². The molecule has 1 amide bonds. The highest BCUT2D eigenvalue weighted by Crippen LogP contribution is 2.32. The first-order chi connectivity index (χ1) is 11.9. The third-order valence-electron chi connectivity index (χ3n) is 3.23. The Morgan fingerprint density at radius 2 is 1.96 bits per heavy atom. The van der Waals surface area contributed by atoms with Gasteiger partial charge in [-0.05, 0) is 18.2 Å². The fraction of sp³-hybridized carbons (Fsp3) is 0.0667. The molecule has 3 rings (SSSR count). The molecule has 0 saturated heterocycles. The Morgan fingerprint density at radius 1 is 1.20 bits per heavy atom.